The zero-order valence-electron chi connectivity index (χ0n) is 14.7. The Kier molecular flexibility index (Phi) is 7.06. The summed E-state index contributed by atoms with van der Waals surface area (Å²) in [5, 5.41) is 22.9. The molecule has 2 rings (SSSR count). The summed E-state index contributed by atoms with van der Waals surface area (Å²) in [6.07, 6.45) is 1.33. The molecule has 0 aliphatic heterocycles. The first-order valence-electron chi connectivity index (χ1n) is 8.16. The summed E-state index contributed by atoms with van der Waals surface area (Å²) in [5.41, 5.74) is 0.188. The van der Waals surface area contributed by atoms with Crippen LogP contribution < -0.4 is 10.6 Å². The Bertz CT molecular complexity index is 987. The highest BCUT2D eigenvalue weighted by Gasteiger charge is 2.28. The third-order valence-electron chi connectivity index (χ3n) is 3.64. The number of rotatable bonds is 8. The van der Waals surface area contributed by atoms with Crippen molar-refractivity contribution in [2.75, 3.05) is 12.3 Å². The summed E-state index contributed by atoms with van der Waals surface area (Å²) < 4.78 is 25.0. The molecule has 1 heterocycles. The molecule has 1 unspecified atom stereocenters. The van der Waals surface area contributed by atoms with Gasteiger partial charge in [-0.3, -0.25) is 14.6 Å². The zero-order chi connectivity index (χ0) is 20.6. The molecule has 0 saturated heterocycles. The quantitative estimate of drug-likeness (QED) is 0.532. The fraction of sp³-hybridized carbons (Fsp3) is 0.222. The van der Waals surface area contributed by atoms with Crippen molar-refractivity contribution in [3.05, 3.63) is 59.9 Å². The van der Waals surface area contributed by atoms with Gasteiger partial charge in [-0.25, -0.2) is 8.42 Å². The van der Waals surface area contributed by atoms with Gasteiger partial charge in [-0.1, -0.05) is 18.2 Å². The van der Waals surface area contributed by atoms with Gasteiger partial charge < -0.3 is 15.7 Å². The Morgan fingerprint density at radius 1 is 1.18 bits per heavy atom. The number of sulfone groups is 1. The van der Waals surface area contributed by atoms with E-state index in [1.165, 1.54) is 30.5 Å². The van der Waals surface area contributed by atoms with Crippen LogP contribution in [0.4, 0.5) is 0 Å². The summed E-state index contributed by atoms with van der Waals surface area (Å²) in [6, 6.07) is 11.0. The first kappa shape index (κ1) is 20.9. The number of carbonyl (C=O) groups is 2. The number of hydrogen-bond donors (Lipinski definition) is 3. The van der Waals surface area contributed by atoms with E-state index in [2.05, 4.69) is 15.6 Å². The first-order chi connectivity index (χ1) is 13.3. The molecule has 28 heavy (non-hydrogen) atoms. The molecule has 0 aliphatic rings. The van der Waals surface area contributed by atoms with Gasteiger partial charge >= 0.3 is 0 Å². The number of aromatic nitrogens is 1. The van der Waals surface area contributed by atoms with E-state index in [4.69, 9.17) is 5.26 Å². The fourth-order valence-corrected chi connectivity index (χ4v) is 3.83. The number of amides is 2. The summed E-state index contributed by atoms with van der Waals surface area (Å²) in [4.78, 5) is 28.4. The molecular formula is C18H18N4O5S. The van der Waals surface area contributed by atoms with Crippen LogP contribution in [0.2, 0.25) is 0 Å². The van der Waals surface area contributed by atoms with E-state index < -0.39 is 39.2 Å². The van der Waals surface area contributed by atoms with Gasteiger partial charge in [-0.05, 0) is 24.3 Å². The lowest BCUT2D eigenvalue weighted by Crippen LogP contribution is -2.50. The van der Waals surface area contributed by atoms with Crippen molar-refractivity contribution in [3.8, 4) is 11.8 Å². The summed E-state index contributed by atoms with van der Waals surface area (Å²) >= 11 is 0. The minimum atomic E-state index is -3.94. The van der Waals surface area contributed by atoms with E-state index in [1.54, 1.807) is 24.3 Å². The molecule has 0 radical (unpaired) electrons. The van der Waals surface area contributed by atoms with Gasteiger partial charge in [0.05, 0.1) is 23.3 Å². The number of aromatic hydroxyl groups is 1. The molecule has 1 atom stereocenters. The van der Waals surface area contributed by atoms with E-state index in [-0.39, 0.29) is 23.6 Å². The van der Waals surface area contributed by atoms with Crippen LogP contribution in [0.15, 0.2) is 48.7 Å². The number of hydrogen-bond acceptors (Lipinski definition) is 7. The van der Waals surface area contributed by atoms with E-state index in [0.29, 0.717) is 0 Å². The Labute approximate surface area is 161 Å². The third kappa shape index (κ3) is 6.07. The van der Waals surface area contributed by atoms with Crippen LogP contribution in [0, 0.1) is 11.3 Å². The maximum Gasteiger partial charge on any atom is 0.251 e. The Balaban J connectivity index is 2.18. The Hall–Kier alpha value is -3.45. The van der Waals surface area contributed by atoms with Gasteiger partial charge in [0.2, 0.25) is 5.91 Å². The number of nitrogens with zero attached hydrogens (tertiary/aromatic N) is 2. The molecule has 3 N–H and O–H groups in total. The van der Waals surface area contributed by atoms with Gasteiger partial charge in [0.1, 0.15) is 18.3 Å². The molecule has 0 bridgehead atoms. The van der Waals surface area contributed by atoms with Crippen LogP contribution in [-0.2, 0) is 20.4 Å². The average Bonchev–Trinajstić information content (AvgIpc) is 2.67. The first-order valence-corrected chi connectivity index (χ1v) is 9.98. The van der Waals surface area contributed by atoms with Crippen molar-refractivity contribution in [2.24, 2.45) is 0 Å². The minimum absolute atomic E-state index is 0.0620. The molecule has 1 aromatic carbocycles. The second-order valence-corrected chi connectivity index (χ2v) is 7.90. The standard InChI is InChI=1S/C18H18N4O5S/c19-8-10-21-18(25)15(22-17(24)13-5-2-1-3-6-13)12-28(26,27)11-14-16(23)7-4-9-20-14/h1-7,9,15,23H,10-12H2,(H,21,25)(H,22,24). The van der Waals surface area contributed by atoms with Crippen LogP contribution in [0.3, 0.4) is 0 Å². The topological polar surface area (TPSA) is 149 Å². The number of pyridine rings is 1. The molecule has 146 valence electrons. The molecule has 0 spiro atoms. The molecule has 2 amide bonds. The third-order valence-corrected chi connectivity index (χ3v) is 5.20. The van der Waals surface area contributed by atoms with Gasteiger partial charge in [-0.2, -0.15) is 5.26 Å². The maximum absolute atomic E-state index is 12.5. The van der Waals surface area contributed by atoms with Crippen molar-refractivity contribution < 1.29 is 23.1 Å². The molecule has 0 fully saturated rings. The number of benzene rings is 1. The number of carbonyl (C=O) groups excluding carboxylic acids is 2. The largest absolute Gasteiger partial charge is 0.506 e. The average molecular weight is 402 g/mol. The molecule has 1 aromatic heterocycles. The van der Waals surface area contributed by atoms with E-state index in [9.17, 15) is 23.1 Å². The van der Waals surface area contributed by atoms with Crippen molar-refractivity contribution in [1.29, 1.82) is 5.26 Å². The summed E-state index contributed by atoms with van der Waals surface area (Å²) in [6.45, 7) is -0.336. The Morgan fingerprint density at radius 2 is 1.89 bits per heavy atom. The van der Waals surface area contributed by atoms with Crippen molar-refractivity contribution >= 4 is 21.7 Å². The second kappa shape index (κ2) is 9.48. The predicted molar refractivity (Wildman–Crippen MR) is 99.7 cm³/mol. The maximum atomic E-state index is 12.5. The smallest absolute Gasteiger partial charge is 0.251 e. The molecule has 0 saturated carbocycles. The lowest BCUT2D eigenvalue weighted by Gasteiger charge is -2.18. The minimum Gasteiger partial charge on any atom is -0.506 e. The molecular weight excluding hydrogens is 384 g/mol. The predicted octanol–water partition coefficient (Wildman–Crippen LogP) is 0.140. The number of nitrogens with one attached hydrogen (secondary N) is 2. The summed E-state index contributed by atoms with van der Waals surface area (Å²) in [7, 11) is -3.94. The summed E-state index contributed by atoms with van der Waals surface area (Å²) in [5.74, 6) is -3.06. The molecule has 2 aromatic rings. The van der Waals surface area contributed by atoms with Gasteiger partial charge in [0.25, 0.3) is 5.91 Å². The monoisotopic (exact) mass is 402 g/mol. The molecule has 0 aliphatic carbocycles. The van der Waals surface area contributed by atoms with Crippen molar-refractivity contribution in [2.45, 2.75) is 11.8 Å². The lowest BCUT2D eigenvalue weighted by atomic mass is 10.2. The van der Waals surface area contributed by atoms with Gasteiger partial charge in [0.15, 0.2) is 9.84 Å². The molecule has 10 heteroatoms. The fourth-order valence-electron chi connectivity index (χ4n) is 2.33. The van der Waals surface area contributed by atoms with Gasteiger partial charge in [-0.15, -0.1) is 0 Å². The normalized spacial score (nSPS) is 11.8. The highest BCUT2D eigenvalue weighted by atomic mass is 32.2. The second-order valence-electron chi connectivity index (χ2n) is 5.79. The van der Waals surface area contributed by atoms with Gasteiger partial charge in [0, 0.05) is 11.8 Å². The lowest BCUT2D eigenvalue weighted by molar-refractivity contribution is -0.122. The van der Waals surface area contributed by atoms with Crippen LogP contribution in [-0.4, -0.2) is 48.7 Å². The van der Waals surface area contributed by atoms with Crippen LogP contribution >= 0.6 is 0 Å². The van der Waals surface area contributed by atoms with E-state index >= 15 is 0 Å². The van der Waals surface area contributed by atoms with Crippen LogP contribution in [0.5, 0.6) is 5.75 Å². The highest BCUT2D eigenvalue weighted by Crippen LogP contribution is 2.16. The van der Waals surface area contributed by atoms with Crippen LogP contribution in [0.1, 0.15) is 16.1 Å². The van der Waals surface area contributed by atoms with E-state index in [1.807, 2.05) is 0 Å². The Morgan fingerprint density at radius 3 is 2.54 bits per heavy atom. The van der Waals surface area contributed by atoms with Crippen LogP contribution in [0.25, 0.3) is 0 Å². The van der Waals surface area contributed by atoms with Crippen molar-refractivity contribution in [1.82, 2.24) is 15.6 Å². The van der Waals surface area contributed by atoms with E-state index in [0.717, 1.165) is 0 Å². The van der Waals surface area contributed by atoms with Crippen molar-refractivity contribution in [3.63, 3.8) is 0 Å². The number of nitriles is 1. The zero-order valence-corrected chi connectivity index (χ0v) is 15.5. The molecule has 9 nitrogen and oxygen atoms in total. The SMILES string of the molecule is N#CCNC(=O)C(CS(=O)(=O)Cc1ncccc1O)NC(=O)c1ccccc1. The highest BCUT2D eigenvalue weighted by molar-refractivity contribution is 7.90.